The van der Waals surface area contributed by atoms with Gasteiger partial charge in [-0.15, -0.1) is 0 Å². The van der Waals surface area contributed by atoms with Gasteiger partial charge in [-0.05, 0) is 31.0 Å². The van der Waals surface area contributed by atoms with Gasteiger partial charge in [0.05, 0.1) is 29.8 Å². The van der Waals surface area contributed by atoms with Crippen molar-refractivity contribution in [2.75, 3.05) is 32.8 Å². The molecule has 7 nitrogen and oxygen atoms in total. The number of aromatic nitrogens is 3. The summed E-state index contributed by atoms with van der Waals surface area (Å²) in [5, 5.41) is 11.2. The lowest BCUT2D eigenvalue weighted by atomic mass is 10.1. The first kappa shape index (κ1) is 20.7. The molecule has 1 N–H and O–H groups in total. The number of nitrogens with zero attached hydrogens (tertiary/aromatic N) is 4. The molecule has 5 rings (SSSR count). The number of para-hydroxylation sites is 2. The summed E-state index contributed by atoms with van der Waals surface area (Å²) in [5.41, 5.74) is 3.85. The number of aromatic hydroxyl groups is 1. The number of ether oxygens (including phenoxy) is 1. The van der Waals surface area contributed by atoms with Gasteiger partial charge in [-0.25, -0.2) is 9.38 Å². The van der Waals surface area contributed by atoms with Crippen molar-refractivity contribution in [2.24, 2.45) is 0 Å². The molecule has 0 atom stereocenters. The van der Waals surface area contributed by atoms with Crippen molar-refractivity contribution in [2.45, 2.75) is 26.3 Å². The summed E-state index contributed by atoms with van der Waals surface area (Å²) >= 11 is 0. The number of fused-ring (bicyclic) bond motifs is 3. The van der Waals surface area contributed by atoms with Crippen LogP contribution >= 0.6 is 0 Å². The van der Waals surface area contributed by atoms with Gasteiger partial charge in [0.15, 0.2) is 0 Å². The highest BCUT2D eigenvalue weighted by atomic mass is 16.5. The molecule has 0 saturated carbocycles. The molecule has 7 heteroatoms. The van der Waals surface area contributed by atoms with E-state index in [9.17, 15) is 9.90 Å². The molecule has 0 aliphatic carbocycles. The van der Waals surface area contributed by atoms with Crippen LogP contribution in [-0.4, -0.2) is 56.8 Å². The average molecular weight is 433 g/mol. The smallest absolute Gasteiger partial charge is 0.266 e. The predicted octanol–water partition coefficient (Wildman–Crippen LogP) is 2.98. The lowest BCUT2D eigenvalue weighted by Gasteiger charge is -2.26. The normalized spacial score (nSPS) is 15.0. The van der Waals surface area contributed by atoms with Crippen LogP contribution in [0.3, 0.4) is 0 Å². The quantitative estimate of drug-likeness (QED) is 0.507. The number of morpholine rings is 1. The van der Waals surface area contributed by atoms with Crippen LogP contribution in [0.1, 0.15) is 23.1 Å². The number of hydrogen-bond acceptors (Lipinski definition) is 5. The van der Waals surface area contributed by atoms with Gasteiger partial charge in [0.25, 0.3) is 5.56 Å². The van der Waals surface area contributed by atoms with E-state index in [1.165, 1.54) is 0 Å². The first-order chi connectivity index (χ1) is 15.6. The maximum Gasteiger partial charge on any atom is 0.266 e. The highest BCUT2D eigenvalue weighted by molar-refractivity contribution is 5.79. The standard InChI is InChI=1S/C25H28N4O3/c1-18-7-9-19(10-8-18)17-20-23(30)28(12-4-11-27-13-15-32-16-14-27)25-26-21-5-2-3-6-22(21)29(25)24(20)31/h2-3,5-10,30H,4,11-17H2,1H3. The van der Waals surface area contributed by atoms with Crippen molar-refractivity contribution in [3.63, 3.8) is 0 Å². The molecule has 1 saturated heterocycles. The fraction of sp³-hybridized carbons (Fsp3) is 0.360. The van der Waals surface area contributed by atoms with Gasteiger partial charge in [-0.2, -0.15) is 0 Å². The van der Waals surface area contributed by atoms with E-state index in [1.54, 1.807) is 8.97 Å². The van der Waals surface area contributed by atoms with Crippen molar-refractivity contribution in [3.05, 3.63) is 75.6 Å². The number of aryl methyl sites for hydroxylation is 2. The molecule has 0 radical (unpaired) electrons. The molecule has 1 aliphatic heterocycles. The van der Waals surface area contributed by atoms with Gasteiger partial charge < -0.3 is 9.84 Å². The van der Waals surface area contributed by atoms with E-state index in [1.807, 2.05) is 55.5 Å². The Kier molecular flexibility index (Phi) is 5.68. The summed E-state index contributed by atoms with van der Waals surface area (Å²) in [5.74, 6) is 0.503. The predicted molar refractivity (Wildman–Crippen MR) is 124 cm³/mol. The Morgan fingerprint density at radius 3 is 2.56 bits per heavy atom. The fourth-order valence-electron chi connectivity index (χ4n) is 4.43. The Morgan fingerprint density at radius 1 is 1.03 bits per heavy atom. The van der Waals surface area contributed by atoms with Gasteiger partial charge in [0, 0.05) is 32.6 Å². The molecule has 1 fully saturated rings. The molecule has 32 heavy (non-hydrogen) atoms. The molecule has 0 amide bonds. The van der Waals surface area contributed by atoms with Crippen LogP contribution in [0.15, 0.2) is 53.3 Å². The second-order valence-corrected chi connectivity index (χ2v) is 8.46. The summed E-state index contributed by atoms with van der Waals surface area (Å²) < 4.78 is 8.88. The van der Waals surface area contributed by atoms with Crippen molar-refractivity contribution in [1.82, 2.24) is 18.9 Å². The van der Waals surface area contributed by atoms with Crippen LogP contribution in [0, 0.1) is 6.92 Å². The summed E-state index contributed by atoms with van der Waals surface area (Å²) in [6.45, 7) is 6.91. The zero-order chi connectivity index (χ0) is 22.1. The SMILES string of the molecule is Cc1ccc(Cc2c(O)n(CCCN3CCOCC3)c3nc4ccccc4n3c2=O)cc1. The van der Waals surface area contributed by atoms with Crippen molar-refractivity contribution >= 4 is 16.8 Å². The Bertz CT molecular complexity index is 1300. The maximum atomic E-state index is 13.5. The zero-order valence-electron chi connectivity index (χ0n) is 18.3. The van der Waals surface area contributed by atoms with Gasteiger partial charge in [-0.3, -0.25) is 14.3 Å². The summed E-state index contributed by atoms with van der Waals surface area (Å²) in [7, 11) is 0. The Balaban J connectivity index is 1.57. The van der Waals surface area contributed by atoms with Crippen LogP contribution < -0.4 is 5.56 Å². The molecule has 4 aromatic rings. The third-order valence-electron chi connectivity index (χ3n) is 6.23. The molecule has 0 bridgehead atoms. The Hall–Kier alpha value is -3.16. The molecule has 0 unspecified atom stereocenters. The van der Waals surface area contributed by atoms with Gasteiger partial charge in [-0.1, -0.05) is 42.0 Å². The first-order valence-corrected chi connectivity index (χ1v) is 11.2. The summed E-state index contributed by atoms with van der Waals surface area (Å²) in [6.07, 6.45) is 1.22. The monoisotopic (exact) mass is 432 g/mol. The van der Waals surface area contributed by atoms with E-state index < -0.39 is 0 Å². The van der Waals surface area contributed by atoms with E-state index in [0.29, 0.717) is 24.3 Å². The summed E-state index contributed by atoms with van der Waals surface area (Å²) in [6, 6.07) is 15.7. The molecular weight excluding hydrogens is 404 g/mol. The van der Waals surface area contributed by atoms with Crippen molar-refractivity contribution in [3.8, 4) is 5.88 Å². The van der Waals surface area contributed by atoms with Crippen LogP contribution in [0.2, 0.25) is 0 Å². The molecule has 166 valence electrons. The number of benzene rings is 2. The second kappa shape index (κ2) is 8.76. The Morgan fingerprint density at radius 2 is 1.78 bits per heavy atom. The fourth-order valence-corrected chi connectivity index (χ4v) is 4.43. The number of hydrogen-bond donors (Lipinski definition) is 1. The second-order valence-electron chi connectivity index (χ2n) is 8.46. The molecular formula is C25H28N4O3. The molecule has 0 spiro atoms. The lowest BCUT2D eigenvalue weighted by molar-refractivity contribution is 0.0369. The average Bonchev–Trinajstić information content (AvgIpc) is 3.20. The molecule has 2 aromatic carbocycles. The largest absolute Gasteiger partial charge is 0.494 e. The third-order valence-corrected chi connectivity index (χ3v) is 6.23. The third kappa shape index (κ3) is 3.89. The molecule has 3 heterocycles. The number of rotatable bonds is 6. The van der Waals surface area contributed by atoms with Gasteiger partial charge >= 0.3 is 0 Å². The summed E-state index contributed by atoms with van der Waals surface area (Å²) in [4.78, 5) is 20.6. The van der Waals surface area contributed by atoms with Crippen LogP contribution in [-0.2, 0) is 17.7 Å². The maximum absolute atomic E-state index is 13.5. The van der Waals surface area contributed by atoms with E-state index >= 15 is 0 Å². The van der Waals surface area contributed by atoms with E-state index in [-0.39, 0.29) is 11.4 Å². The van der Waals surface area contributed by atoms with Crippen molar-refractivity contribution in [1.29, 1.82) is 0 Å². The van der Waals surface area contributed by atoms with E-state index in [2.05, 4.69) is 4.90 Å². The van der Waals surface area contributed by atoms with Crippen molar-refractivity contribution < 1.29 is 9.84 Å². The topological polar surface area (TPSA) is 72.0 Å². The van der Waals surface area contributed by atoms with Crippen LogP contribution in [0.4, 0.5) is 0 Å². The van der Waals surface area contributed by atoms with Gasteiger partial charge in [0.1, 0.15) is 0 Å². The van der Waals surface area contributed by atoms with E-state index in [4.69, 9.17) is 9.72 Å². The minimum Gasteiger partial charge on any atom is -0.494 e. The molecule has 2 aromatic heterocycles. The molecule has 1 aliphatic rings. The Labute approximate surface area is 186 Å². The van der Waals surface area contributed by atoms with Crippen LogP contribution in [0.5, 0.6) is 5.88 Å². The minimum atomic E-state index is -0.212. The van der Waals surface area contributed by atoms with Gasteiger partial charge in [0.2, 0.25) is 11.7 Å². The lowest BCUT2D eigenvalue weighted by Crippen LogP contribution is -2.37. The highest BCUT2D eigenvalue weighted by Crippen LogP contribution is 2.24. The van der Waals surface area contributed by atoms with Crippen LogP contribution in [0.25, 0.3) is 16.8 Å². The first-order valence-electron chi connectivity index (χ1n) is 11.2. The van der Waals surface area contributed by atoms with E-state index in [0.717, 1.165) is 61.4 Å². The highest BCUT2D eigenvalue weighted by Gasteiger charge is 2.20. The zero-order valence-corrected chi connectivity index (χ0v) is 18.3. The number of imidazole rings is 1. The minimum absolute atomic E-state index is 0.0142.